The van der Waals surface area contributed by atoms with Crippen molar-refractivity contribution >= 4 is 23.1 Å². The van der Waals surface area contributed by atoms with E-state index in [1.807, 2.05) is 62.4 Å². The maximum absolute atomic E-state index is 5.80. The Kier molecular flexibility index (Phi) is 5.48. The van der Waals surface area contributed by atoms with Crippen molar-refractivity contribution in [3.8, 4) is 11.5 Å². The van der Waals surface area contributed by atoms with Gasteiger partial charge >= 0.3 is 0 Å². The molecule has 0 aliphatic carbocycles. The van der Waals surface area contributed by atoms with Crippen LogP contribution in [0.1, 0.15) is 13.8 Å². The molecule has 2 N–H and O–H groups in total. The van der Waals surface area contributed by atoms with Crippen LogP contribution in [0, 0.1) is 0 Å². The van der Waals surface area contributed by atoms with E-state index in [1.54, 1.807) is 13.3 Å². The Morgan fingerprint density at radius 1 is 1.00 bits per heavy atom. The first-order valence-electron chi connectivity index (χ1n) is 8.27. The van der Waals surface area contributed by atoms with Crippen molar-refractivity contribution in [2.24, 2.45) is 0 Å². The Morgan fingerprint density at radius 3 is 2.65 bits per heavy atom. The molecule has 7 nitrogen and oxygen atoms in total. The summed E-state index contributed by atoms with van der Waals surface area (Å²) in [4.78, 5) is 4.45. The second-order valence-electron chi connectivity index (χ2n) is 5.81. The first-order valence-corrected chi connectivity index (χ1v) is 8.27. The number of aromatic nitrogens is 3. The Hall–Kier alpha value is -3.35. The molecule has 0 saturated heterocycles. The van der Waals surface area contributed by atoms with E-state index in [-0.39, 0.29) is 6.10 Å². The van der Waals surface area contributed by atoms with Crippen LogP contribution in [-0.2, 0) is 0 Å². The molecule has 0 spiro atoms. The minimum Gasteiger partial charge on any atom is -0.497 e. The quantitative estimate of drug-likeness (QED) is 0.661. The summed E-state index contributed by atoms with van der Waals surface area (Å²) in [7, 11) is 1.63. The standard InChI is InChI=1S/C19H21N5O2/c1-13(2)26-17-10-5-4-9-16(17)22-19-23-18(12-20-24-19)21-14-7-6-8-15(11-14)25-3/h4-13H,1-3H3,(H2,21,22,23,24). The van der Waals surface area contributed by atoms with Crippen LogP contribution in [0.15, 0.2) is 54.7 Å². The predicted molar refractivity (Wildman–Crippen MR) is 102 cm³/mol. The molecule has 0 aliphatic heterocycles. The lowest BCUT2D eigenvalue weighted by molar-refractivity contribution is 0.244. The van der Waals surface area contributed by atoms with Gasteiger partial charge in [-0.1, -0.05) is 18.2 Å². The number of methoxy groups -OCH3 is 1. The fourth-order valence-electron chi connectivity index (χ4n) is 2.31. The zero-order chi connectivity index (χ0) is 18.4. The Labute approximate surface area is 152 Å². The van der Waals surface area contributed by atoms with Crippen molar-refractivity contribution in [1.82, 2.24) is 15.2 Å². The van der Waals surface area contributed by atoms with Gasteiger partial charge in [0.25, 0.3) is 0 Å². The Bertz CT molecular complexity index is 870. The minimum absolute atomic E-state index is 0.0676. The summed E-state index contributed by atoms with van der Waals surface area (Å²) in [5.41, 5.74) is 1.63. The van der Waals surface area contributed by atoms with Gasteiger partial charge in [0.2, 0.25) is 5.95 Å². The average molecular weight is 351 g/mol. The van der Waals surface area contributed by atoms with Crippen LogP contribution in [0.5, 0.6) is 11.5 Å². The van der Waals surface area contributed by atoms with Crippen LogP contribution < -0.4 is 20.1 Å². The molecule has 0 aliphatic rings. The highest BCUT2D eigenvalue weighted by atomic mass is 16.5. The number of para-hydroxylation sites is 2. The molecule has 0 fully saturated rings. The molecule has 7 heteroatoms. The van der Waals surface area contributed by atoms with Crippen molar-refractivity contribution in [3.63, 3.8) is 0 Å². The fraction of sp³-hybridized carbons (Fsp3) is 0.211. The first kappa shape index (κ1) is 17.5. The van der Waals surface area contributed by atoms with Crippen molar-refractivity contribution in [2.75, 3.05) is 17.7 Å². The van der Waals surface area contributed by atoms with Gasteiger partial charge in [0, 0.05) is 11.8 Å². The van der Waals surface area contributed by atoms with Gasteiger partial charge in [-0.2, -0.15) is 10.1 Å². The third kappa shape index (κ3) is 4.60. The molecular formula is C19H21N5O2. The molecule has 0 saturated carbocycles. The number of nitrogens with one attached hydrogen (secondary N) is 2. The zero-order valence-electron chi connectivity index (χ0n) is 14.9. The van der Waals surface area contributed by atoms with E-state index in [4.69, 9.17) is 9.47 Å². The van der Waals surface area contributed by atoms with E-state index in [0.717, 1.165) is 22.9 Å². The van der Waals surface area contributed by atoms with Crippen molar-refractivity contribution in [3.05, 3.63) is 54.7 Å². The third-order valence-electron chi connectivity index (χ3n) is 3.40. The highest BCUT2D eigenvalue weighted by Gasteiger charge is 2.08. The van der Waals surface area contributed by atoms with Crippen molar-refractivity contribution in [1.29, 1.82) is 0 Å². The Morgan fingerprint density at radius 2 is 1.85 bits per heavy atom. The van der Waals surface area contributed by atoms with Gasteiger partial charge < -0.3 is 20.1 Å². The molecule has 134 valence electrons. The summed E-state index contributed by atoms with van der Waals surface area (Å²) in [6.45, 7) is 3.96. The van der Waals surface area contributed by atoms with E-state index in [1.165, 1.54) is 0 Å². The molecule has 0 radical (unpaired) electrons. The van der Waals surface area contributed by atoms with Crippen molar-refractivity contribution in [2.45, 2.75) is 20.0 Å². The van der Waals surface area contributed by atoms with Crippen molar-refractivity contribution < 1.29 is 9.47 Å². The van der Waals surface area contributed by atoms with Gasteiger partial charge in [0.15, 0.2) is 5.82 Å². The maximum atomic E-state index is 5.80. The van der Waals surface area contributed by atoms with E-state index in [2.05, 4.69) is 25.8 Å². The topological polar surface area (TPSA) is 81.2 Å². The monoisotopic (exact) mass is 351 g/mol. The average Bonchev–Trinajstić information content (AvgIpc) is 2.63. The second kappa shape index (κ2) is 8.15. The molecular weight excluding hydrogens is 330 g/mol. The molecule has 1 aromatic heterocycles. The number of ether oxygens (including phenoxy) is 2. The van der Waals surface area contributed by atoms with Crippen LogP contribution in [0.2, 0.25) is 0 Å². The lowest BCUT2D eigenvalue weighted by Gasteiger charge is -2.14. The highest BCUT2D eigenvalue weighted by Crippen LogP contribution is 2.27. The van der Waals surface area contributed by atoms with Crippen LogP contribution >= 0.6 is 0 Å². The number of nitrogens with zero attached hydrogens (tertiary/aromatic N) is 3. The van der Waals surface area contributed by atoms with E-state index in [0.29, 0.717) is 11.8 Å². The van der Waals surface area contributed by atoms with Gasteiger partial charge in [0.1, 0.15) is 11.5 Å². The second-order valence-corrected chi connectivity index (χ2v) is 5.81. The third-order valence-corrected chi connectivity index (χ3v) is 3.40. The minimum atomic E-state index is 0.0676. The van der Waals surface area contributed by atoms with Gasteiger partial charge in [-0.25, -0.2) is 0 Å². The van der Waals surface area contributed by atoms with Crippen LogP contribution in [-0.4, -0.2) is 28.4 Å². The summed E-state index contributed by atoms with van der Waals surface area (Å²) in [6.07, 6.45) is 1.62. The summed E-state index contributed by atoms with van der Waals surface area (Å²) in [6, 6.07) is 15.2. The van der Waals surface area contributed by atoms with Gasteiger partial charge in [-0.3, -0.25) is 0 Å². The van der Waals surface area contributed by atoms with Gasteiger partial charge in [-0.15, -0.1) is 5.10 Å². The molecule has 1 heterocycles. The smallest absolute Gasteiger partial charge is 0.249 e. The number of hydrogen-bond acceptors (Lipinski definition) is 7. The van der Waals surface area contributed by atoms with E-state index >= 15 is 0 Å². The van der Waals surface area contributed by atoms with Crippen LogP contribution in [0.3, 0.4) is 0 Å². The van der Waals surface area contributed by atoms with Crippen LogP contribution in [0.25, 0.3) is 0 Å². The molecule has 0 atom stereocenters. The Balaban J connectivity index is 1.77. The van der Waals surface area contributed by atoms with Crippen LogP contribution in [0.4, 0.5) is 23.1 Å². The van der Waals surface area contributed by atoms with E-state index in [9.17, 15) is 0 Å². The number of rotatable bonds is 7. The summed E-state index contributed by atoms with van der Waals surface area (Å²) >= 11 is 0. The molecule has 26 heavy (non-hydrogen) atoms. The largest absolute Gasteiger partial charge is 0.497 e. The first-order chi connectivity index (χ1) is 12.6. The molecule has 0 unspecified atom stereocenters. The number of benzene rings is 2. The molecule has 3 aromatic rings. The summed E-state index contributed by atoms with van der Waals surface area (Å²) in [5, 5.41) is 14.4. The molecule has 0 amide bonds. The predicted octanol–water partition coefficient (Wildman–Crippen LogP) is 4.15. The zero-order valence-corrected chi connectivity index (χ0v) is 14.9. The number of anilines is 4. The maximum Gasteiger partial charge on any atom is 0.249 e. The molecule has 3 rings (SSSR count). The SMILES string of the molecule is COc1cccc(Nc2cnnc(Nc3ccccc3OC(C)C)n2)c1. The molecule has 2 aromatic carbocycles. The summed E-state index contributed by atoms with van der Waals surface area (Å²) < 4.78 is 11.0. The number of hydrogen-bond donors (Lipinski definition) is 2. The van der Waals surface area contributed by atoms with E-state index < -0.39 is 0 Å². The summed E-state index contributed by atoms with van der Waals surface area (Å²) in [5.74, 6) is 2.43. The van der Waals surface area contributed by atoms with Gasteiger partial charge in [0.05, 0.1) is 25.1 Å². The highest BCUT2D eigenvalue weighted by molar-refractivity contribution is 5.64. The fourth-order valence-corrected chi connectivity index (χ4v) is 2.31. The lowest BCUT2D eigenvalue weighted by Crippen LogP contribution is -2.08. The molecule has 0 bridgehead atoms. The lowest BCUT2D eigenvalue weighted by atomic mass is 10.3. The normalized spacial score (nSPS) is 10.5. The van der Waals surface area contributed by atoms with Gasteiger partial charge in [-0.05, 0) is 38.1 Å².